The van der Waals surface area contributed by atoms with Crippen LogP contribution in [0, 0.1) is 5.82 Å². The summed E-state index contributed by atoms with van der Waals surface area (Å²) in [6, 6.07) is 4.59. The largest absolute Gasteiger partial charge is 0.505 e. The van der Waals surface area contributed by atoms with Crippen LogP contribution in [-0.2, 0) is 0 Å². The summed E-state index contributed by atoms with van der Waals surface area (Å²) in [6.45, 7) is 0. The third-order valence-corrected chi connectivity index (χ3v) is 2.10. The lowest BCUT2D eigenvalue weighted by Gasteiger charge is -2.04. The molecule has 0 saturated heterocycles. The number of hydrogen-bond acceptors (Lipinski definition) is 4. The standard InChI is InChI=1S/C11H9FN2O2/c1-16-11-13-5-7(6-14-11)8-3-2-4-9(15)10(8)12/h2-6,15H,1H3. The van der Waals surface area contributed by atoms with Crippen LogP contribution in [0.15, 0.2) is 30.6 Å². The lowest BCUT2D eigenvalue weighted by Crippen LogP contribution is -1.92. The summed E-state index contributed by atoms with van der Waals surface area (Å²) < 4.78 is 18.3. The van der Waals surface area contributed by atoms with Crippen LogP contribution in [0.3, 0.4) is 0 Å². The fraction of sp³-hybridized carbons (Fsp3) is 0.0909. The Balaban J connectivity index is 2.46. The van der Waals surface area contributed by atoms with E-state index in [0.717, 1.165) is 0 Å². The topological polar surface area (TPSA) is 55.2 Å². The van der Waals surface area contributed by atoms with Gasteiger partial charge in [-0.25, -0.2) is 14.4 Å². The minimum absolute atomic E-state index is 0.212. The van der Waals surface area contributed by atoms with Gasteiger partial charge in [-0.05, 0) is 6.07 Å². The van der Waals surface area contributed by atoms with E-state index in [0.29, 0.717) is 5.56 Å². The van der Waals surface area contributed by atoms with Gasteiger partial charge in [-0.2, -0.15) is 0 Å². The van der Waals surface area contributed by atoms with E-state index in [-0.39, 0.29) is 11.6 Å². The van der Waals surface area contributed by atoms with Crippen LogP contribution in [0.5, 0.6) is 11.8 Å². The molecule has 5 heteroatoms. The number of aromatic nitrogens is 2. The zero-order valence-electron chi connectivity index (χ0n) is 8.51. The van der Waals surface area contributed by atoms with Gasteiger partial charge < -0.3 is 9.84 Å². The van der Waals surface area contributed by atoms with Crippen LogP contribution < -0.4 is 4.74 Å². The number of nitrogens with zero attached hydrogens (tertiary/aromatic N) is 2. The van der Waals surface area contributed by atoms with Crippen molar-refractivity contribution in [3.63, 3.8) is 0 Å². The van der Waals surface area contributed by atoms with Crippen molar-refractivity contribution in [1.82, 2.24) is 9.97 Å². The van der Waals surface area contributed by atoms with Crippen molar-refractivity contribution >= 4 is 0 Å². The number of aromatic hydroxyl groups is 1. The maximum absolute atomic E-state index is 13.5. The molecule has 0 bridgehead atoms. The van der Waals surface area contributed by atoms with E-state index in [4.69, 9.17) is 4.74 Å². The highest BCUT2D eigenvalue weighted by molar-refractivity contribution is 5.64. The van der Waals surface area contributed by atoms with Gasteiger partial charge in [-0.3, -0.25) is 0 Å². The SMILES string of the molecule is COc1ncc(-c2cccc(O)c2F)cn1. The Hall–Kier alpha value is -2.17. The molecule has 0 aliphatic rings. The molecule has 0 atom stereocenters. The number of rotatable bonds is 2. The number of methoxy groups -OCH3 is 1. The van der Waals surface area contributed by atoms with Gasteiger partial charge in [0.2, 0.25) is 0 Å². The van der Waals surface area contributed by atoms with Crippen molar-refractivity contribution in [3.8, 4) is 22.9 Å². The number of halogens is 1. The molecule has 0 unspecified atom stereocenters. The zero-order chi connectivity index (χ0) is 11.5. The van der Waals surface area contributed by atoms with Gasteiger partial charge in [-0.1, -0.05) is 12.1 Å². The van der Waals surface area contributed by atoms with Gasteiger partial charge in [-0.15, -0.1) is 0 Å². The average Bonchev–Trinajstić information content (AvgIpc) is 2.33. The van der Waals surface area contributed by atoms with Crippen LogP contribution in [0.4, 0.5) is 4.39 Å². The predicted octanol–water partition coefficient (Wildman–Crippen LogP) is 2.00. The smallest absolute Gasteiger partial charge is 0.316 e. The Bertz CT molecular complexity index is 500. The molecule has 1 aromatic carbocycles. The van der Waals surface area contributed by atoms with E-state index < -0.39 is 11.6 Å². The fourth-order valence-electron chi connectivity index (χ4n) is 1.30. The number of ether oxygens (including phenoxy) is 1. The minimum Gasteiger partial charge on any atom is -0.505 e. The molecule has 0 amide bonds. The van der Waals surface area contributed by atoms with Gasteiger partial charge >= 0.3 is 6.01 Å². The summed E-state index contributed by atoms with van der Waals surface area (Å²) in [5.41, 5.74) is 0.733. The summed E-state index contributed by atoms with van der Waals surface area (Å²) in [7, 11) is 1.45. The van der Waals surface area contributed by atoms with E-state index in [2.05, 4.69) is 9.97 Å². The van der Waals surface area contributed by atoms with Crippen LogP contribution in [0.1, 0.15) is 0 Å². The highest BCUT2D eigenvalue weighted by Gasteiger charge is 2.09. The third-order valence-electron chi connectivity index (χ3n) is 2.10. The summed E-state index contributed by atoms with van der Waals surface area (Å²) >= 11 is 0. The second-order valence-corrected chi connectivity index (χ2v) is 3.10. The number of phenolic OH excluding ortho intramolecular Hbond substituents is 1. The van der Waals surface area contributed by atoms with Crippen molar-refractivity contribution < 1.29 is 14.2 Å². The molecular formula is C11H9FN2O2. The molecule has 1 heterocycles. The first-order chi connectivity index (χ1) is 7.72. The second-order valence-electron chi connectivity index (χ2n) is 3.10. The molecule has 16 heavy (non-hydrogen) atoms. The highest BCUT2D eigenvalue weighted by Crippen LogP contribution is 2.27. The molecule has 1 aromatic heterocycles. The lowest BCUT2D eigenvalue weighted by molar-refractivity contribution is 0.380. The second kappa shape index (κ2) is 4.14. The maximum Gasteiger partial charge on any atom is 0.316 e. The molecule has 0 aliphatic carbocycles. The number of benzene rings is 1. The molecule has 2 aromatic rings. The first-order valence-electron chi connectivity index (χ1n) is 4.56. The summed E-state index contributed by atoms with van der Waals surface area (Å²) in [5.74, 6) is -1.08. The van der Waals surface area contributed by atoms with E-state index in [1.54, 1.807) is 12.1 Å². The van der Waals surface area contributed by atoms with Crippen LogP contribution in [0.25, 0.3) is 11.1 Å². The molecule has 0 spiro atoms. The molecule has 0 saturated carbocycles. The normalized spacial score (nSPS) is 10.1. The number of hydrogen-bond donors (Lipinski definition) is 1. The Kier molecular flexibility index (Phi) is 2.68. The van der Waals surface area contributed by atoms with Gasteiger partial charge in [0, 0.05) is 23.5 Å². The van der Waals surface area contributed by atoms with Crippen molar-refractivity contribution in [2.45, 2.75) is 0 Å². The van der Waals surface area contributed by atoms with Crippen molar-refractivity contribution in [2.75, 3.05) is 7.11 Å². The number of phenols is 1. The van der Waals surface area contributed by atoms with E-state index in [9.17, 15) is 9.50 Å². The Labute approximate surface area is 91.4 Å². The molecule has 0 radical (unpaired) electrons. The van der Waals surface area contributed by atoms with E-state index >= 15 is 0 Å². The Morgan fingerprint density at radius 3 is 2.56 bits per heavy atom. The van der Waals surface area contributed by atoms with Gasteiger partial charge in [0.1, 0.15) is 0 Å². The molecule has 0 fully saturated rings. The third kappa shape index (κ3) is 1.79. The van der Waals surface area contributed by atoms with Crippen molar-refractivity contribution in [3.05, 3.63) is 36.4 Å². The van der Waals surface area contributed by atoms with Crippen LogP contribution >= 0.6 is 0 Å². The average molecular weight is 220 g/mol. The molecule has 2 rings (SSSR count). The van der Waals surface area contributed by atoms with E-state index in [1.807, 2.05) is 0 Å². The highest BCUT2D eigenvalue weighted by atomic mass is 19.1. The zero-order valence-corrected chi connectivity index (χ0v) is 8.51. The molecule has 1 N–H and O–H groups in total. The minimum atomic E-state index is -0.684. The quantitative estimate of drug-likeness (QED) is 0.840. The van der Waals surface area contributed by atoms with Crippen molar-refractivity contribution in [1.29, 1.82) is 0 Å². The van der Waals surface area contributed by atoms with Crippen LogP contribution in [-0.4, -0.2) is 22.2 Å². The monoisotopic (exact) mass is 220 g/mol. The Morgan fingerprint density at radius 2 is 1.94 bits per heavy atom. The van der Waals surface area contributed by atoms with Crippen molar-refractivity contribution in [2.24, 2.45) is 0 Å². The lowest BCUT2D eigenvalue weighted by atomic mass is 10.1. The van der Waals surface area contributed by atoms with Gasteiger partial charge in [0.25, 0.3) is 0 Å². The first-order valence-corrected chi connectivity index (χ1v) is 4.56. The molecular weight excluding hydrogens is 211 g/mol. The molecule has 4 nitrogen and oxygen atoms in total. The van der Waals surface area contributed by atoms with Crippen LogP contribution in [0.2, 0.25) is 0 Å². The molecule has 82 valence electrons. The Morgan fingerprint density at radius 1 is 1.25 bits per heavy atom. The first kappa shape index (κ1) is 10.4. The molecule has 0 aliphatic heterocycles. The van der Waals surface area contributed by atoms with Gasteiger partial charge in [0.05, 0.1) is 7.11 Å². The predicted molar refractivity (Wildman–Crippen MR) is 55.6 cm³/mol. The maximum atomic E-state index is 13.5. The van der Waals surface area contributed by atoms with Gasteiger partial charge in [0.15, 0.2) is 11.6 Å². The summed E-state index contributed by atoms with van der Waals surface area (Å²) in [6.07, 6.45) is 2.87. The fourth-order valence-corrected chi connectivity index (χ4v) is 1.30. The summed E-state index contributed by atoms with van der Waals surface area (Å²) in [4.78, 5) is 7.73. The summed E-state index contributed by atoms with van der Waals surface area (Å²) in [5, 5.41) is 9.22. The van der Waals surface area contributed by atoms with E-state index in [1.165, 1.54) is 25.6 Å².